The maximum absolute atomic E-state index is 5.71. The summed E-state index contributed by atoms with van der Waals surface area (Å²) in [5.41, 5.74) is 0. The summed E-state index contributed by atoms with van der Waals surface area (Å²) in [4.78, 5) is 0. The van der Waals surface area contributed by atoms with Crippen molar-refractivity contribution >= 4 is 0 Å². The average molecular weight is 201 g/mol. The van der Waals surface area contributed by atoms with Crippen LogP contribution >= 0.6 is 0 Å². The van der Waals surface area contributed by atoms with Crippen LogP contribution in [-0.2, 0) is 4.74 Å². The molecule has 0 rings (SSSR count). The van der Waals surface area contributed by atoms with E-state index in [4.69, 9.17) is 4.74 Å². The first-order chi connectivity index (χ1) is 6.79. The fourth-order valence-corrected chi connectivity index (χ4v) is 1.86. The smallest absolute Gasteiger partial charge is 0.0725 e. The van der Waals surface area contributed by atoms with Crippen LogP contribution in [0.1, 0.15) is 52.9 Å². The Morgan fingerprint density at radius 2 is 1.86 bits per heavy atom. The molecule has 0 aromatic carbocycles. The zero-order valence-electron chi connectivity index (χ0n) is 10.3. The molecule has 0 heterocycles. The lowest BCUT2D eigenvalue weighted by atomic mass is 10.0. The SMILES string of the molecule is CCCCCC(NC)C(CC)OCC. The third-order valence-electron chi connectivity index (χ3n) is 2.72. The summed E-state index contributed by atoms with van der Waals surface area (Å²) in [6.07, 6.45) is 6.67. The maximum atomic E-state index is 5.71. The van der Waals surface area contributed by atoms with Crippen molar-refractivity contribution in [1.29, 1.82) is 0 Å². The summed E-state index contributed by atoms with van der Waals surface area (Å²) in [5, 5.41) is 3.37. The van der Waals surface area contributed by atoms with Gasteiger partial charge in [-0.1, -0.05) is 33.1 Å². The quantitative estimate of drug-likeness (QED) is 0.579. The van der Waals surface area contributed by atoms with Crippen LogP contribution < -0.4 is 5.32 Å². The van der Waals surface area contributed by atoms with E-state index in [9.17, 15) is 0 Å². The van der Waals surface area contributed by atoms with Crippen LogP contribution in [0, 0.1) is 0 Å². The number of unbranched alkanes of at least 4 members (excludes halogenated alkanes) is 2. The number of hydrogen-bond acceptors (Lipinski definition) is 2. The number of rotatable bonds is 9. The molecule has 0 fully saturated rings. The van der Waals surface area contributed by atoms with E-state index in [2.05, 4.69) is 26.1 Å². The van der Waals surface area contributed by atoms with Gasteiger partial charge in [0.25, 0.3) is 0 Å². The Balaban J connectivity index is 3.81. The van der Waals surface area contributed by atoms with Crippen LogP contribution in [0.3, 0.4) is 0 Å². The molecular formula is C12H27NO. The molecule has 0 saturated heterocycles. The molecule has 0 aromatic heterocycles. The highest BCUT2D eigenvalue weighted by atomic mass is 16.5. The number of nitrogens with one attached hydrogen (secondary N) is 1. The van der Waals surface area contributed by atoms with E-state index in [1.807, 2.05) is 7.05 Å². The van der Waals surface area contributed by atoms with Crippen molar-refractivity contribution in [2.75, 3.05) is 13.7 Å². The summed E-state index contributed by atoms with van der Waals surface area (Å²) < 4.78 is 5.71. The van der Waals surface area contributed by atoms with Crippen molar-refractivity contribution in [3.63, 3.8) is 0 Å². The third-order valence-corrected chi connectivity index (χ3v) is 2.72. The topological polar surface area (TPSA) is 21.3 Å². The minimum Gasteiger partial charge on any atom is -0.377 e. The van der Waals surface area contributed by atoms with Crippen molar-refractivity contribution in [1.82, 2.24) is 5.32 Å². The Hall–Kier alpha value is -0.0800. The maximum Gasteiger partial charge on any atom is 0.0725 e. The van der Waals surface area contributed by atoms with E-state index in [-0.39, 0.29) is 0 Å². The molecule has 0 aromatic rings. The van der Waals surface area contributed by atoms with Crippen LogP contribution in [0.4, 0.5) is 0 Å². The van der Waals surface area contributed by atoms with Gasteiger partial charge in [-0.25, -0.2) is 0 Å². The summed E-state index contributed by atoms with van der Waals surface area (Å²) in [6.45, 7) is 7.34. The molecule has 1 N–H and O–H groups in total. The van der Waals surface area contributed by atoms with Crippen LogP contribution in [0.2, 0.25) is 0 Å². The molecule has 2 heteroatoms. The Bertz CT molecular complexity index is 117. The van der Waals surface area contributed by atoms with Gasteiger partial charge in [0.1, 0.15) is 0 Å². The van der Waals surface area contributed by atoms with Crippen LogP contribution in [0.5, 0.6) is 0 Å². The predicted octanol–water partition coefficient (Wildman–Crippen LogP) is 2.97. The monoisotopic (exact) mass is 201 g/mol. The molecule has 86 valence electrons. The van der Waals surface area contributed by atoms with Gasteiger partial charge in [-0.15, -0.1) is 0 Å². The highest BCUT2D eigenvalue weighted by Gasteiger charge is 2.17. The number of likely N-dealkylation sites (N-methyl/N-ethyl adjacent to an activating group) is 1. The summed E-state index contributed by atoms with van der Waals surface area (Å²) in [5.74, 6) is 0. The zero-order chi connectivity index (χ0) is 10.8. The minimum atomic E-state index is 0.391. The summed E-state index contributed by atoms with van der Waals surface area (Å²) in [7, 11) is 2.04. The first kappa shape index (κ1) is 13.9. The largest absolute Gasteiger partial charge is 0.377 e. The normalized spacial score (nSPS) is 15.4. The van der Waals surface area contributed by atoms with Crippen molar-refractivity contribution < 1.29 is 4.74 Å². The molecular weight excluding hydrogens is 174 g/mol. The predicted molar refractivity (Wildman–Crippen MR) is 62.7 cm³/mol. The van der Waals surface area contributed by atoms with Gasteiger partial charge in [0.15, 0.2) is 0 Å². The van der Waals surface area contributed by atoms with Crippen molar-refractivity contribution in [2.24, 2.45) is 0 Å². The lowest BCUT2D eigenvalue weighted by molar-refractivity contribution is 0.0310. The molecule has 0 amide bonds. The van der Waals surface area contributed by atoms with Gasteiger partial charge in [-0.05, 0) is 26.8 Å². The van der Waals surface area contributed by atoms with Gasteiger partial charge in [-0.2, -0.15) is 0 Å². The molecule has 0 spiro atoms. The second kappa shape index (κ2) is 9.47. The number of hydrogen-bond donors (Lipinski definition) is 1. The first-order valence-corrected chi connectivity index (χ1v) is 6.08. The van der Waals surface area contributed by atoms with Gasteiger partial charge >= 0.3 is 0 Å². The van der Waals surface area contributed by atoms with Crippen LogP contribution in [-0.4, -0.2) is 25.8 Å². The van der Waals surface area contributed by atoms with Gasteiger partial charge < -0.3 is 10.1 Å². The van der Waals surface area contributed by atoms with E-state index >= 15 is 0 Å². The van der Waals surface area contributed by atoms with E-state index in [1.54, 1.807) is 0 Å². The molecule has 2 unspecified atom stereocenters. The molecule has 0 saturated carbocycles. The van der Waals surface area contributed by atoms with E-state index in [0.717, 1.165) is 13.0 Å². The standard InChI is InChI=1S/C12H27NO/c1-5-8-9-10-11(13-4)12(6-2)14-7-3/h11-13H,5-10H2,1-4H3. The summed E-state index contributed by atoms with van der Waals surface area (Å²) >= 11 is 0. The van der Waals surface area contributed by atoms with Crippen molar-refractivity contribution in [2.45, 2.75) is 65.0 Å². The average Bonchev–Trinajstić information content (AvgIpc) is 2.22. The van der Waals surface area contributed by atoms with Crippen molar-refractivity contribution in [3.8, 4) is 0 Å². The van der Waals surface area contributed by atoms with Gasteiger partial charge in [0, 0.05) is 12.6 Å². The molecule has 2 atom stereocenters. The fourth-order valence-electron chi connectivity index (χ4n) is 1.86. The lowest BCUT2D eigenvalue weighted by Crippen LogP contribution is -2.39. The highest BCUT2D eigenvalue weighted by Crippen LogP contribution is 2.11. The molecule has 0 aliphatic carbocycles. The van der Waals surface area contributed by atoms with Crippen molar-refractivity contribution in [3.05, 3.63) is 0 Å². The lowest BCUT2D eigenvalue weighted by Gasteiger charge is -2.25. The van der Waals surface area contributed by atoms with Gasteiger partial charge in [-0.3, -0.25) is 0 Å². The molecule has 0 radical (unpaired) electrons. The molecule has 0 aliphatic rings. The van der Waals surface area contributed by atoms with E-state index < -0.39 is 0 Å². The van der Waals surface area contributed by atoms with Crippen LogP contribution in [0.15, 0.2) is 0 Å². The molecule has 2 nitrogen and oxygen atoms in total. The minimum absolute atomic E-state index is 0.391. The zero-order valence-corrected chi connectivity index (χ0v) is 10.3. The molecule has 14 heavy (non-hydrogen) atoms. The second-order valence-corrected chi connectivity index (χ2v) is 3.79. The Kier molecular flexibility index (Phi) is 9.42. The van der Waals surface area contributed by atoms with Gasteiger partial charge in [0.05, 0.1) is 6.10 Å². The number of ether oxygens (including phenoxy) is 1. The van der Waals surface area contributed by atoms with E-state index in [1.165, 1.54) is 25.7 Å². The summed E-state index contributed by atoms with van der Waals surface area (Å²) in [6, 6.07) is 0.534. The Labute approximate surface area is 89.4 Å². The molecule has 0 aliphatic heterocycles. The first-order valence-electron chi connectivity index (χ1n) is 6.08. The second-order valence-electron chi connectivity index (χ2n) is 3.79. The highest BCUT2D eigenvalue weighted by molar-refractivity contribution is 4.74. The van der Waals surface area contributed by atoms with Crippen LogP contribution in [0.25, 0.3) is 0 Å². The Morgan fingerprint density at radius 3 is 2.29 bits per heavy atom. The Morgan fingerprint density at radius 1 is 1.14 bits per heavy atom. The molecule has 0 bridgehead atoms. The van der Waals surface area contributed by atoms with Gasteiger partial charge in [0.2, 0.25) is 0 Å². The fraction of sp³-hybridized carbons (Fsp3) is 1.00. The van der Waals surface area contributed by atoms with E-state index in [0.29, 0.717) is 12.1 Å². The third kappa shape index (κ3) is 5.61.